The van der Waals surface area contributed by atoms with E-state index in [4.69, 9.17) is 35.5 Å². The molecule has 0 aromatic carbocycles. The lowest BCUT2D eigenvalue weighted by atomic mass is 9.94. The predicted octanol–water partition coefficient (Wildman–Crippen LogP) is 4.20. The smallest absolute Gasteiger partial charge is 0.411 e. The highest BCUT2D eigenvalue weighted by atomic mass is 35.5. The van der Waals surface area contributed by atoms with Gasteiger partial charge in [-0.1, -0.05) is 11.6 Å². The van der Waals surface area contributed by atoms with Crippen LogP contribution in [0.1, 0.15) is 59.3 Å². The Morgan fingerprint density at radius 3 is 2.84 bits per heavy atom. The third-order valence-corrected chi connectivity index (χ3v) is 9.89. The molecule has 2 aromatic rings. The third-order valence-electron chi connectivity index (χ3n) is 9.63. The highest BCUT2D eigenvalue weighted by molar-refractivity contribution is 6.30. The SMILES string of the molecule is CC(C)(C)OC(=O)N1[C@@H]2CC[C@]13COCCCO[C@H]1CN4CCC[C@]4(COc4nc(c5cnc(Cl)c(F)c5n4)N(C2)C3)C1. The van der Waals surface area contributed by atoms with Gasteiger partial charge in [0.1, 0.15) is 23.5 Å². The number of fused-ring (bicyclic) bond motifs is 8. The molecule has 1 amide bonds. The Hall–Kier alpha value is -2.54. The first-order valence-electron chi connectivity index (χ1n) is 15.4. The Bertz CT molecular complexity index is 1410. The topological polar surface area (TPSA) is 102 Å². The van der Waals surface area contributed by atoms with Crippen LogP contribution in [0.4, 0.5) is 15.0 Å². The van der Waals surface area contributed by atoms with Crippen molar-refractivity contribution in [1.82, 2.24) is 24.8 Å². The van der Waals surface area contributed by atoms with Crippen molar-refractivity contribution in [3.63, 3.8) is 0 Å². The number of rotatable bonds is 0. The van der Waals surface area contributed by atoms with E-state index < -0.39 is 17.0 Å². The quantitative estimate of drug-likeness (QED) is 0.399. The number of nitrogens with zero attached hydrogens (tertiary/aromatic N) is 6. The highest BCUT2D eigenvalue weighted by Crippen LogP contribution is 2.44. The Kier molecular flexibility index (Phi) is 7.34. The number of anilines is 1. The van der Waals surface area contributed by atoms with Crippen LogP contribution in [0, 0.1) is 5.82 Å². The van der Waals surface area contributed by atoms with Crippen molar-refractivity contribution in [2.24, 2.45) is 0 Å². The summed E-state index contributed by atoms with van der Waals surface area (Å²) in [6.45, 7) is 10.2. The Morgan fingerprint density at radius 1 is 1.14 bits per heavy atom. The molecule has 4 fully saturated rings. The predicted molar refractivity (Wildman–Crippen MR) is 157 cm³/mol. The van der Waals surface area contributed by atoms with Crippen molar-refractivity contribution in [2.45, 2.75) is 88.1 Å². The molecule has 11 nitrogen and oxygen atoms in total. The largest absolute Gasteiger partial charge is 0.461 e. The molecule has 7 rings (SSSR count). The van der Waals surface area contributed by atoms with E-state index in [0.29, 0.717) is 50.7 Å². The van der Waals surface area contributed by atoms with Crippen molar-refractivity contribution >= 4 is 34.4 Å². The number of hydrogen-bond acceptors (Lipinski definition) is 10. The summed E-state index contributed by atoms with van der Waals surface area (Å²) in [5.74, 6) is -0.192. The lowest BCUT2D eigenvalue weighted by Gasteiger charge is -2.49. The maximum atomic E-state index is 15.4. The fraction of sp³-hybridized carbons (Fsp3) is 0.733. The Labute approximate surface area is 256 Å². The zero-order valence-corrected chi connectivity index (χ0v) is 25.9. The molecule has 0 radical (unpaired) electrons. The summed E-state index contributed by atoms with van der Waals surface area (Å²) in [6.07, 6.45) is 6.52. The molecule has 7 heterocycles. The average Bonchev–Trinajstić information content (AvgIpc) is 3.57. The number of carbonyl (C=O) groups is 1. The summed E-state index contributed by atoms with van der Waals surface area (Å²) < 4.78 is 40.3. The summed E-state index contributed by atoms with van der Waals surface area (Å²) in [7, 11) is 0. The van der Waals surface area contributed by atoms with Crippen LogP contribution in [0.25, 0.3) is 10.9 Å². The number of amides is 1. The maximum absolute atomic E-state index is 15.4. The molecule has 0 saturated carbocycles. The van der Waals surface area contributed by atoms with Crippen LogP contribution in [0.5, 0.6) is 6.01 Å². The number of carbonyl (C=O) groups excluding carboxylic acids is 1. The first-order valence-corrected chi connectivity index (χ1v) is 15.8. The Morgan fingerprint density at radius 2 is 2.00 bits per heavy atom. The molecule has 234 valence electrons. The van der Waals surface area contributed by atoms with Gasteiger partial charge in [-0.3, -0.25) is 9.80 Å². The summed E-state index contributed by atoms with van der Waals surface area (Å²) in [6, 6.07) is -0.0374. The van der Waals surface area contributed by atoms with Crippen molar-refractivity contribution in [3.05, 3.63) is 17.2 Å². The number of halogens is 2. The van der Waals surface area contributed by atoms with Gasteiger partial charge in [-0.15, -0.1) is 0 Å². The number of pyridine rings is 1. The molecule has 43 heavy (non-hydrogen) atoms. The van der Waals surface area contributed by atoms with E-state index in [1.165, 1.54) is 6.20 Å². The van der Waals surface area contributed by atoms with Crippen LogP contribution in [0.3, 0.4) is 0 Å². The minimum Gasteiger partial charge on any atom is -0.461 e. The van der Waals surface area contributed by atoms with Gasteiger partial charge in [0.2, 0.25) is 0 Å². The molecule has 7 bridgehead atoms. The van der Waals surface area contributed by atoms with Gasteiger partial charge in [0.15, 0.2) is 11.0 Å². The van der Waals surface area contributed by atoms with Gasteiger partial charge in [0.25, 0.3) is 0 Å². The molecule has 0 N–H and O–H groups in total. The van der Waals surface area contributed by atoms with Gasteiger partial charge in [-0.2, -0.15) is 9.97 Å². The van der Waals surface area contributed by atoms with Crippen LogP contribution in [0.15, 0.2) is 6.20 Å². The van der Waals surface area contributed by atoms with Gasteiger partial charge in [-0.25, -0.2) is 14.2 Å². The molecule has 13 heteroatoms. The van der Waals surface area contributed by atoms with E-state index in [-0.39, 0.29) is 40.5 Å². The third kappa shape index (κ3) is 5.27. The molecule has 5 aliphatic rings. The molecular weight excluding hydrogens is 579 g/mol. The van der Waals surface area contributed by atoms with Gasteiger partial charge < -0.3 is 23.8 Å². The normalized spacial score (nSPS) is 31.6. The van der Waals surface area contributed by atoms with E-state index in [1.807, 2.05) is 25.7 Å². The van der Waals surface area contributed by atoms with E-state index in [1.54, 1.807) is 0 Å². The number of ether oxygens (including phenoxy) is 4. The summed E-state index contributed by atoms with van der Waals surface area (Å²) in [5.41, 5.74) is -1.38. The minimum absolute atomic E-state index is 0.0681. The fourth-order valence-corrected chi connectivity index (χ4v) is 7.97. The molecular formula is C30H40ClFN6O5. The fourth-order valence-electron chi connectivity index (χ4n) is 7.83. The lowest BCUT2D eigenvalue weighted by Crippen LogP contribution is -2.66. The Balaban J connectivity index is 1.29. The summed E-state index contributed by atoms with van der Waals surface area (Å²) in [4.78, 5) is 33.5. The van der Waals surface area contributed by atoms with Crippen LogP contribution >= 0.6 is 11.6 Å². The average molecular weight is 619 g/mol. The van der Waals surface area contributed by atoms with Crippen LogP contribution in [-0.4, -0.2) is 112 Å². The summed E-state index contributed by atoms with van der Waals surface area (Å²) in [5, 5.41) is 0.195. The van der Waals surface area contributed by atoms with Crippen molar-refractivity contribution in [2.75, 3.05) is 57.5 Å². The van der Waals surface area contributed by atoms with Gasteiger partial charge in [0, 0.05) is 39.0 Å². The van der Waals surface area contributed by atoms with E-state index in [0.717, 1.165) is 51.6 Å². The number of piperazine rings is 1. The molecule has 2 spiro atoms. The molecule has 4 saturated heterocycles. The zero-order chi connectivity index (χ0) is 30.0. The first-order chi connectivity index (χ1) is 20.6. The van der Waals surface area contributed by atoms with E-state index >= 15 is 4.39 Å². The van der Waals surface area contributed by atoms with Crippen molar-refractivity contribution in [3.8, 4) is 6.01 Å². The van der Waals surface area contributed by atoms with Gasteiger partial charge >= 0.3 is 12.1 Å². The second-order valence-corrected chi connectivity index (χ2v) is 14.1. The number of hydrogen-bond donors (Lipinski definition) is 0. The summed E-state index contributed by atoms with van der Waals surface area (Å²) >= 11 is 6.11. The van der Waals surface area contributed by atoms with Gasteiger partial charge in [-0.05, 0) is 65.8 Å². The highest BCUT2D eigenvalue weighted by Gasteiger charge is 2.55. The minimum atomic E-state index is -0.707. The lowest BCUT2D eigenvalue weighted by molar-refractivity contribution is -0.0373. The number of aromatic nitrogens is 3. The van der Waals surface area contributed by atoms with Crippen LogP contribution in [0.2, 0.25) is 5.15 Å². The van der Waals surface area contributed by atoms with Crippen molar-refractivity contribution < 1.29 is 28.1 Å². The first kappa shape index (κ1) is 29.2. The second kappa shape index (κ2) is 10.8. The molecule has 0 aliphatic carbocycles. The molecule has 4 atom stereocenters. The van der Waals surface area contributed by atoms with E-state index in [2.05, 4.69) is 19.8 Å². The van der Waals surface area contributed by atoms with Crippen molar-refractivity contribution in [1.29, 1.82) is 0 Å². The molecule has 5 aliphatic heterocycles. The van der Waals surface area contributed by atoms with Crippen LogP contribution < -0.4 is 9.64 Å². The maximum Gasteiger partial charge on any atom is 0.411 e. The zero-order valence-electron chi connectivity index (χ0n) is 25.1. The molecule has 0 unspecified atom stereocenters. The van der Waals surface area contributed by atoms with Gasteiger partial charge in [0.05, 0.1) is 35.2 Å². The standard InChI is InChI=1S/C30H40ClFN6O5/c1-28(2,3)43-27(39)38-19-6-8-30(38)16-36(14-19)25-21-13-33-24(31)22(32)23(21)34-26(35-25)42-18-29-7-4-9-37(29)15-20(12-29)41-11-5-10-40-17-30/h13,19-20H,4-12,14-18H2,1-3H3/t19-,20-,29-,30+/m1/s1. The monoisotopic (exact) mass is 618 g/mol. The second-order valence-electron chi connectivity index (χ2n) is 13.8. The molecule has 2 aromatic heterocycles. The van der Waals surface area contributed by atoms with E-state index in [9.17, 15) is 4.79 Å². The van der Waals surface area contributed by atoms with Crippen LogP contribution in [-0.2, 0) is 14.2 Å².